The summed E-state index contributed by atoms with van der Waals surface area (Å²) in [5.41, 5.74) is 8.78. The minimum atomic E-state index is -0.520. The van der Waals surface area contributed by atoms with Crippen LogP contribution in [0, 0.1) is 0 Å². The molecule has 0 fully saturated rings. The lowest BCUT2D eigenvalue weighted by molar-refractivity contribution is -0.118. The Labute approximate surface area is 108 Å². The molecule has 0 aliphatic carbocycles. The minimum Gasteiger partial charge on any atom is -0.368 e. The summed E-state index contributed by atoms with van der Waals surface area (Å²) in [7, 11) is 1.77. The van der Waals surface area contributed by atoms with Crippen LogP contribution in [0.3, 0.4) is 0 Å². The molecule has 1 aliphatic rings. The maximum absolute atomic E-state index is 11.8. The van der Waals surface area contributed by atoms with Gasteiger partial charge in [-0.15, -0.1) is 6.58 Å². The van der Waals surface area contributed by atoms with Crippen LogP contribution in [-0.4, -0.2) is 26.0 Å². The first-order valence-corrected chi connectivity index (χ1v) is 6.13. The van der Waals surface area contributed by atoms with Gasteiger partial charge in [-0.3, -0.25) is 4.79 Å². The molecule has 1 aromatic rings. The number of fused-ring (bicyclic) bond motifs is 1. The first-order valence-electron chi connectivity index (χ1n) is 6.13. The second kappa shape index (κ2) is 4.82. The van der Waals surface area contributed by atoms with Crippen LogP contribution >= 0.6 is 0 Å². The SMILES string of the molecule is C=CCN(CC)c1ccc2c(c1)N(C)C(=O)C2N. The van der Waals surface area contributed by atoms with Gasteiger partial charge in [0, 0.05) is 31.4 Å². The summed E-state index contributed by atoms with van der Waals surface area (Å²) in [6.07, 6.45) is 1.87. The lowest BCUT2D eigenvalue weighted by Crippen LogP contribution is -2.28. The van der Waals surface area contributed by atoms with E-state index in [1.54, 1.807) is 11.9 Å². The van der Waals surface area contributed by atoms with Crippen molar-refractivity contribution in [2.24, 2.45) is 5.73 Å². The van der Waals surface area contributed by atoms with Crippen molar-refractivity contribution in [3.63, 3.8) is 0 Å². The molecule has 0 saturated heterocycles. The standard InChI is InChI=1S/C14H19N3O/c1-4-8-17(5-2)10-6-7-11-12(9-10)16(3)14(18)13(11)15/h4,6-7,9,13H,1,5,8,15H2,2-3H3. The van der Waals surface area contributed by atoms with Crippen LogP contribution in [0.4, 0.5) is 11.4 Å². The van der Waals surface area contributed by atoms with Crippen molar-refractivity contribution in [3.05, 3.63) is 36.4 Å². The molecule has 1 aromatic carbocycles. The summed E-state index contributed by atoms with van der Waals surface area (Å²) in [6.45, 7) is 7.54. The smallest absolute Gasteiger partial charge is 0.248 e. The largest absolute Gasteiger partial charge is 0.368 e. The number of carbonyl (C=O) groups is 1. The number of likely N-dealkylation sites (N-methyl/N-ethyl adjacent to an activating group) is 2. The number of hydrogen-bond donors (Lipinski definition) is 1. The van der Waals surface area contributed by atoms with E-state index in [4.69, 9.17) is 5.73 Å². The first kappa shape index (κ1) is 12.6. The Morgan fingerprint density at radius 1 is 1.56 bits per heavy atom. The molecule has 18 heavy (non-hydrogen) atoms. The van der Waals surface area contributed by atoms with Crippen LogP contribution in [0.25, 0.3) is 0 Å². The third-order valence-corrected chi connectivity index (χ3v) is 3.40. The Hall–Kier alpha value is -1.81. The quantitative estimate of drug-likeness (QED) is 0.821. The van der Waals surface area contributed by atoms with Gasteiger partial charge >= 0.3 is 0 Å². The van der Waals surface area contributed by atoms with Crippen molar-refractivity contribution in [1.29, 1.82) is 0 Å². The van der Waals surface area contributed by atoms with Crippen LogP contribution in [0.1, 0.15) is 18.5 Å². The molecule has 0 aromatic heterocycles. The van der Waals surface area contributed by atoms with Crippen LogP contribution < -0.4 is 15.5 Å². The molecule has 1 atom stereocenters. The van der Waals surface area contributed by atoms with E-state index in [2.05, 4.69) is 18.4 Å². The monoisotopic (exact) mass is 245 g/mol. The molecule has 0 saturated carbocycles. The van der Waals surface area contributed by atoms with Gasteiger partial charge < -0.3 is 15.5 Å². The molecule has 4 heteroatoms. The zero-order chi connectivity index (χ0) is 13.3. The van der Waals surface area contributed by atoms with Crippen molar-refractivity contribution >= 4 is 17.3 Å². The van der Waals surface area contributed by atoms with E-state index in [1.165, 1.54) is 0 Å². The van der Waals surface area contributed by atoms with E-state index < -0.39 is 6.04 Å². The van der Waals surface area contributed by atoms with E-state index in [0.717, 1.165) is 30.0 Å². The van der Waals surface area contributed by atoms with Crippen LogP contribution in [0.2, 0.25) is 0 Å². The molecule has 1 amide bonds. The van der Waals surface area contributed by atoms with Crippen molar-refractivity contribution < 1.29 is 4.79 Å². The average molecular weight is 245 g/mol. The Morgan fingerprint density at radius 3 is 2.89 bits per heavy atom. The molecule has 2 rings (SSSR count). The van der Waals surface area contributed by atoms with Crippen molar-refractivity contribution in [3.8, 4) is 0 Å². The highest BCUT2D eigenvalue weighted by Crippen LogP contribution is 2.36. The van der Waals surface area contributed by atoms with Gasteiger partial charge in [0.05, 0.1) is 5.69 Å². The zero-order valence-corrected chi connectivity index (χ0v) is 10.9. The van der Waals surface area contributed by atoms with Crippen LogP contribution in [0.15, 0.2) is 30.9 Å². The average Bonchev–Trinajstić information content (AvgIpc) is 2.61. The lowest BCUT2D eigenvalue weighted by Gasteiger charge is -2.22. The van der Waals surface area contributed by atoms with E-state index in [-0.39, 0.29) is 5.91 Å². The van der Waals surface area contributed by atoms with Gasteiger partial charge in [-0.2, -0.15) is 0 Å². The summed E-state index contributed by atoms with van der Waals surface area (Å²) in [5.74, 6) is -0.0473. The van der Waals surface area contributed by atoms with E-state index in [0.29, 0.717) is 0 Å². The highest BCUT2D eigenvalue weighted by molar-refractivity contribution is 6.04. The predicted octanol–water partition coefficient (Wildman–Crippen LogP) is 1.68. The van der Waals surface area contributed by atoms with Crippen LogP contribution in [-0.2, 0) is 4.79 Å². The summed E-state index contributed by atoms with van der Waals surface area (Å²) >= 11 is 0. The third-order valence-electron chi connectivity index (χ3n) is 3.40. The molecule has 0 radical (unpaired) electrons. The number of rotatable bonds is 4. The molecule has 1 aliphatic heterocycles. The topological polar surface area (TPSA) is 49.6 Å². The molecule has 0 spiro atoms. The minimum absolute atomic E-state index is 0.0473. The maximum atomic E-state index is 11.8. The Kier molecular flexibility index (Phi) is 3.39. The molecule has 2 N–H and O–H groups in total. The molecule has 1 unspecified atom stereocenters. The molecular formula is C14H19N3O. The van der Waals surface area contributed by atoms with Gasteiger partial charge in [0.15, 0.2) is 0 Å². The fourth-order valence-corrected chi connectivity index (χ4v) is 2.32. The molecular weight excluding hydrogens is 226 g/mol. The van der Waals surface area contributed by atoms with Gasteiger partial charge in [-0.05, 0) is 19.1 Å². The van der Waals surface area contributed by atoms with E-state index >= 15 is 0 Å². The molecule has 1 heterocycles. The first-order chi connectivity index (χ1) is 8.60. The molecule has 4 nitrogen and oxygen atoms in total. The van der Waals surface area contributed by atoms with E-state index in [9.17, 15) is 4.79 Å². The van der Waals surface area contributed by atoms with Crippen molar-refractivity contribution in [1.82, 2.24) is 0 Å². The highest BCUT2D eigenvalue weighted by atomic mass is 16.2. The number of benzene rings is 1. The summed E-state index contributed by atoms with van der Waals surface area (Å²) in [6, 6.07) is 5.46. The fraction of sp³-hybridized carbons (Fsp3) is 0.357. The zero-order valence-electron chi connectivity index (χ0n) is 10.9. The maximum Gasteiger partial charge on any atom is 0.248 e. The number of nitrogens with two attached hydrogens (primary N) is 1. The van der Waals surface area contributed by atoms with Crippen molar-refractivity contribution in [2.45, 2.75) is 13.0 Å². The van der Waals surface area contributed by atoms with Crippen LogP contribution in [0.5, 0.6) is 0 Å². The molecule has 96 valence electrons. The fourth-order valence-electron chi connectivity index (χ4n) is 2.32. The van der Waals surface area contributed by atoms with Crippen molar-refractivity contribution in [2.75, 3.05) is 29.9 Å². The number of amides is 1. The Balaban J connectivity index is 2.39. The third kappa shape index (κ3) is 1.88. The van der Waals surface area contributed by atoms with E-state index in [1.807, 2.05) is 24.3 Å². The number of anilines is 2. The molecule has 0 bridgehead atoms. The summed E-state index contributed by atoms with van der Waals surface area (Å²) in [4.78, 5) is 15.6. The van der Waals surface area contributed by atoms with Gasteiger partial charge in [0.1, 0.15) is 6.04 Å². The highest BCUT2D eigenvalue weighted by Gasteiger charge is 2.32. The predicted molar refractivity (Wildman–Crippen MR) is 74.9 cm³/mol. The second-order valence-corrected chi connectivity index (χ2v) is 4.45. The van der Waals surface area contributed by atoms with Gasteiger partial charge in [0.2, 0.25) is 5.91 Å². The van der Waals surface area contributed by atoms with Gasteiger partial charge in [-0.25, -0.2) is 0 Å². The second-order valence-electron chi connectivity index (χ2n) is 4.45. The number of hydrogen-bond acceptors (Lipinski definition) is 3. The summed E-state index contributed by atoms with van der Waals surface area (Å²) < 4.78 is 0. The number of carbonyl (C=O) groups excluding carboxylic acids is 1. The van der Waals surface area contributed by atoms with Gasteiger partial charge in [0.25, 0.3) is 0 Å². The lowest BCUT2D eigenvalue weighted by atomic mass is 10.1. The number of nitrogens with zero attached hydrogens (tertiary/aromatic N) is 2. The normalized spacial score (nSPS) is 17.8. The Bertz CT molecular complexity index is 484. The summed E-state index contributed by atoms with van der Waals surface area (Å²) in [5, 5.41) is 0. The van der Waals surface area contributed by atoms with Gasteiger partial charge in [-0.1, -0.05) is 12.1 Å². The Morgan fingerprint density at radius 2 is 2.28 bits per heavy atom.